The molecule has 1 fully saturated rings. The maximum absolute atomic E-state index is 12.3. The quantitative estimate of drug-likeness (QED) is 0.0719. The molecule has 1 heterocycles. The summed E-state index contributed by atoms with van der Waals surface area (Å²) in [5.74, 6) is -4.69. The van der Waals surface area contributed by atoms with Crippen LogP contribution in [0.5, 0.6) is 0 Å². The Balaban J connectivity index is 3.31. The van der Waals surface area contributed by atoms with E-state index in [0.29, 0.717) is 6.54 Å². The molecule has 3 atom stereocenters. The minimum Gasteiger partial charge on any atom is -0.480 e. The summed E-state index contributed by atoms with van der Waals surface area (Å²) in [4.78, 5) is 77.6. The number of carbonyl (C=O) groups is 6. The van der Waals surface area contributed by atoms with Gasteiger partial charge in [-0.05, 0) is 26.2 Å². The van der Waals surface area contributed by atoms with E-state index in [4.69, 9.17) is 11.5 Å². The molecule has 3 unspecified atom stereocenters. The second-order valence-electron chi connectivity index (χ2n) is 9.85. The topological polar surface area (TPSA) is 261 Å². The maximum atomic E-state index is 12.3. The van der Waals surface area contributed by atoms with Gasteiger partial charge in [-0.3, -0.25) is 43.5 Å². The van der Waals surface area contributed by atoms with E-state index in [0.717, 1.165) is 0 Å². The highest BCUT2D eigenvalue weighted by atomic mass is 16.4. The molecule has 240 valence electrons. The molecule has 0 bridgehead atoms. The van der Waals surface area contributed by atoms with E-state index in [-0.39, 0.29) is 97.0 Å². The van der Waals surface area contributed by atoms with Crippen molar-refractivity contribution >= 4 is 35.6 Å². The molecule has 1 rings (SSSR count). The Morgan fingerprint density at radius 3 is 1.05 bits per heavy atom. The van der Waals surface area contributed by atoms with Gasteiger partial charge in [0.15, 0.2) is 0 Å². The zero-order valence-corrected chi connectivity index (χ0v) is 24.1. The Morgan fingerprint density at radius 2 is 0.833 bits per heavy atom. The third-order valence-corrected chi connectivity index (χ3v) is 7.11. The van der Waals surface area contributed by atoms with Crippen LogP contribution in [0.4, 0.5) is 0 Å². The number of carboxylic acids is 3. The van der Waals surface area contributed by atoms with E-state index in [1.165, 1.54) is 0 Å². The molecule has 0 aromatic heterocycles. The van der Waals surface area contributed by atoms with Gasteiger partial charge in [-0.25, -0.2) is 0 Å². The number of aliphatic carboxylic acids is 3. The second kappa shape index (κ2) is 19.7. The Hall–Kier alpha value is -3.38. The lowest BCUT2D eigenvalue weighted by molar-refractivity contribution is -0.146. The van der Waals surface area contributed by atoms with E-state index < -0.39 is 47.8 Å². The largest absolute Gasteiger partial charge is 0.480 e. The Bertz CT molecular complexity index is 796. The summed E-state index contributed by atoms with van der Waals surface area (Å²) in [7, 11) is 0. The molecule has 0 aromatic carbocycles. The van der Waals surface area contributed by atoms with Crippen molar-refractivity contribution in [3.63, 3.8) is 0 Å². The van der Waals surface area contributed by atoms with Crippen LogP contribution >= 0.6 is 0 Å². The Morgan fingerprint density at radius 1 is 0.571 bits per heavy atom. The van der Waals surface area contributed by atoms with E-state index in [2.05, 4.69) is 16.0 Å². The van der Waals surface area contributed by atoms with Crippen LogP contribution in [0, 0.1) is 0 Å². The first kappa shape index (κ1) is 36.6. The van der Waals surface area contributed by atoms with Crippen molar-refractivity contribution in [1.82, 2.24) is 30.7 Å². The fourth-order valence-electron chi connectivity index (χ4n) is 4.92. The van der Waals surface area contributed by atoms with E-state index in [1.807, 2.05) is 0 Å². The van der Waals surface area contributed by atoms with Crippen LogP contribution in [0.1, 0.15) is 45.4 Å². The molecule has 0 saturated carbocycles. The monoisotopic (exact) mass is 602 g/mol. The van der Waals surface area contributed by atoms with Gasteiger partial charge in [0.2, 0.25) is 17.7 Å². The van der Waals surface area contributed by atoms with Gasteiger partial charge in [-0.15, -0.1) is 0 Å². The highest BCUT2D eigenvalue weighted by molar-refractivity contribution is 5.79. The van der Waals surface area contributed by atoms with Crippen LogP contribution in [-0.4, -0.2) is 143 Å². The van der Waals surface area contributed by atoms with Crippen molar-refractivity contribution in [3.05, 3.63) is 0 Å². The molecule has 0 spiro atoms. The summed E-state index contributed by atoms with van der Waals surface area (Å²) < 4.78 is 0. The van der Waals surface area contributed by atoms with Crippen molar-refractivity contribution in [1.29, 1.82) is 0 Å². The van der Waals surface area contributed by atoms with Crippen LogP contribution in [0.25, 0.3) is 0 Å². The number of nitrogens with zero attached hydrogens (tertiary/aromatic N) is 3. The van der Waals surface area contributed by atoms with Gasteiger partial charge in [-0.1, -0.05) is 0 Å². The first-order valence-electron chi connectivity index (χ1n) is 14.1. The minimum absolute atomic E-state index is 0.00952. The molecule has 0 radical (unpaired) electrons. The number of carboxylic acid groups (broad SMARTS) is 3. The summed E-state index contributed by atoms with van der Waals surface area (Å²) in [5, 5.41) is 37.5. The van der Waals surface area contributed by atoms with Crippen molar-refractivity contribution in [2.45, 2.75) is 63.6 Å². The molecule has 17 heteroatoms. The van der Waals surface area contributed by atoms with Crippen LogP contribution in [0.3, 0.4) is 0 Å². The van der Waals surface area contributed by atoms with Crippen LogP contribution < -0.4 is 27.4 Å². The average Bonchev–Trinajstić information content (AvgIpc) is 3.00. The van der Waals surface area contributed by atoms with Crippen molar-refractivity contribution in [2.75, 3.05) is 59.2 Å². The molecule has 10 N–H and O–H groups in total. The zero-order valence-electron chi connectivity index (χ0n) is 24.1. The van der Waals surface area contributed by atoms with E-state index in [1.54, 1.807) is 21.6 Å². The summed E-state index contributed by atoms with van der Waals surface area (Å²) in [6, 6.07) is -3.33. The van der Waals surface area contributed by atoms with Crippen molar-refractivity contribution in [2.24, 2.45) is 11.5 Å². The molecule has 0 aliphatic carbocycles. The van der Waals surface area contributed by atoms with E-state index in [9.17, 15) is 44.1 Å². The molecular weight excluding hydrogens is 556 g/mol. The SMILES string of the molecule is CCNC(=O)CCC(C(=O)O)N1CCN(C(CCC(=O)NCN)C(=O)O)CCN(C(CCC(=O)NCN)C(=O)O)CC1. The molecule has 42 heavy (non-hydrogen) atoms. The van der Waals surface area contributed by atoms with Crippen molar-refractivity contribution in [3.8, 4) is 0 Å². The molecule has 1 aliphatic heterocycles. The smallest absolute Gasteiger partial charge is 0.320 e. The number of hydrogen-bond acceptors (Lipinski definition) is 11. The lowest BCUT2D eigenvalue weighted by Crippen LogP contribution is -2.49. The maximum Gasteiger partial charge on any atom is 0.320 e. The highest BCUT2D eigenvalue weighted by Gasteiger charge is 2.34. The lowest BCUT2D eigenvalue weighted by Gasteiger charge is -2.32. The predicted octanol–water partition coefficient (Wildman–Crippen LogP) is -3.19. The number of amides is 3. The lowest BCUT2D eigenvalue weighted by atomic mass is 10.1. The fraction of sp³-hybridized carbons (Fsp3) is 0.760. The third-order valence-electron chi connectivity index (χ3n) is 7.11. The van der Waals surface area contributed by atoms with Crippen LogP contribution in [-0.2, 0) is 28.8 Å². The number of rotatable bonds is 18. The number of nitrogens with two attached hydrogens (primary N) is 2. The summed E-state index contributed by atoms with van der Waals surface area (Å²) >= 11 is 0. The van der Waals surface area contributed by atoms with Gasteiger partial charge in [0, 0.05) is 65.1 Å². The number of carbonyl (C=O) groups excluding carboxylic acids is 3. The van der Waals surface area contributed by atoms with Crippen LogP contribution in [0.2, 0.25) is 0 Å². The predicted molar refractivity (Wildman–Crippen MR) is 150 cm³/mol. The van der Waals surface area contributed by atoms with Crippen LogP contribution in [0.15, 0.2) is 0 Å². The minimum atomic E-state index is -1.19. The normalized spacial score (nSPS) is 17.5. The Labute approximate surface area is 244 Å². The van der Waals surface area contributed by atoms with Gasteiger partial charge in [-0.2, -0.15) is 0 Å². The zero-order chi connectivity index (χ0) is 31.7. The third kappa shape index (κ3) is 13.1. The standard InChI is InChI=1S/C25H46N8O9/c1-2-28-20(34)6-3-17(23(37)38)31-9-11-32(18(24(39)40)4-7-21(35)29-15-26)13-14-33(12-10-31)19(25(41)42)5-8-22(36)30-16-27/h17-19H,2-16,26-27H2,1H3,(H,28,34)(H,29,35)(H,30,36)(H,37,38)(H,39,40)(H,41,42). The molecule has 3 amide bonds. The Kier molecular flexibility index (Phi) is 17.2. The molecule has 1 aliphatic rings. The first-order valence-corrected chi connectivity index (χ1v) is 14.1. The highest BCUT2D eigenvalue weighted by Crippen LogP contribution is 2.17. The van der Waals surface area contributed by atoms with E-state index >= 15 is 0 Å². The molecule has 0 aromatic rings. The van der Waals surface area contributed by atoms with Gasteiger partial charge in [0.05, 0.1) is 13.3 Å². The second-order valence-corrected chi connectivity index (χ2v) is 9.85. The number of hydrogen-bond donors (Lipinski definition) is 8. The first-order chi connectivity index (χ1) is 19.9. The molecule has 1 saturated heterocycles. The van der Waals surface area contributed by atoms with Gasteiger partial charge < -0.3 is 42.7 Å². The average molecular weight is 603 g/mol. The molecular formula is C25H46N8O9. The number of nitrogens with one attached hydrogen (secondary N) is 3. The van der Waals surface area contributed by atoms with Crippen molar-refractivity contribution < 1.29 is 44.1 Å². The van der Waals surface area contributed by atoms with Gasteiger partial charge in [0.25, 0.3) is 0 Å². The van der Waals surface area contributed by atoms with Gasteiger partial charge in [0.1, 0.15) is 18.1 Å². The summed E-state index contributed by atoms with van der Waals surface area (Å²) in [6.45, 7) is 2.63. The van der Waals surface area contributed by atoms with Gasteiger partial charge >= 0.3 is 17.9 Å². The summed E-state index contributed by atoms with van der Waals surface area (Å²) in [5.41, 5.74) is 10.7. The summed E-state index contributed by atoms with van der Waals surface area (Å²) in [6.07, 6.45) is -0.390. The fourth-order valence-corrected chi connectivity index (χ4v) is 4.92. The molecule has 17 nitrogen and oxygen atoms in total.